The average Bonchev–Trinajstić information content (AvgIpc) is 3.40. The maximum atomic E-state index is 14.6. The fourth-order valence-corrected chi connectivity index (χ4v) is 5.44. The van der Waals surface area contributed by atoms with E-state index in [1.165, 1.54) is 34.8 Å². The molecule has 2 aromatic heterocycles. The minimum atomic E-state index is -1.83. The van der Waals surface area contributed by atoms with E-state index in [1.807, 2.05) is 0 Å². The minimum absolute atomic E-state index is 0.119. The maximum absolute atomic E-state index is 14.6. The predicted octanol–water partition coefficient (Wildman–Crippen LogP) is 5.03. The van der Waals surface area contributed by atoms with Gasteiger partial charge in [-0.15, -0.1) is 11.3 Å². The third-order valence-corrected chi connectivity index (χ3v) is 7.17. The second-order valence-electron chi connectivity index (χ2n) is 7.00. The quantitative estimate of drug-likeness (QED) is 0.297. The van der Waals surface area contributed by atoms with Crippen LogP contribution in [-0.4, -0.2) is 30.1 Å². The normalized spacial score (nSPS) is 14.3. The van der Waals surface area contributed by atoms with Gasteiger partial charge in [-0.25, -0.2) is 32.2 Å². The van der Waals surface area contributed by atoms with E-state index < -0.39 is 34.1 Å². The van der Waals surface area contributed by atoms with Gasteiger partial charge in [0.1, 0.15) is 41.5 Å². The molecule has 5 nitrogen and oxygen atoms in total. The van der Waals surface area contributed by atoms with Crippen LogP contribution in [0.15, 0.2) is 58.8 Å². The molecule has 2 heterocycles. The predicted molar refractivity (Wildman–Crippen MR) is 113 cm³/mol. The van der Waals surface area contributed by atoms with Gasteiger partial charge in [-0.3, -0.25) is 0 Å². The fraction of sp³-hybridized carbons (Fsp3) is 0.190. The van der Waals surface area contributed by atoms with E-state index in [1.54, 1.807) is 6.92 Å². The third kappa shape index (κ3) is 4.41. The number of nitrogens with zero attached hydrogens (tertiary/aromatic N) is 4. The number of aliphatic hydroxyl groups is 1. The molecule has 0 amide bonds. The van der Waals surface area contributed by atoms with Crippen LogP contribution in [0.2, 0.25) is 0 Å². The molecule has 0 spiro atoms. The Morgan fingerprint density at radius 1 is 1.12 bits per heavy atom. The molecule has 32 heavy (non-hydrogen) atoms. The summed E-state index contributed by atoms with van der Waals surface area (Å²) in [5, 5.41) is 16.3. The number of halogens is 4. The maximum Gasteiger partial charge on any atom is 0.150 e. The summed E-state index contributed by atoms with van der Waals surface area (Å²) < 4.78 is 58.0. The van der Waals surface area contributed by atoms with Crippen LogP contribution in [-0.2, 0) is 12.1 Å². The van der Waals surface area contributed by atoms with Gasteiger partial charge in [0.25, 0.3) is 0 Å². The van der Waals surface area contributed by atoms with Gasteiger partial charge in [0, 0.05) is 22.3 Å². The number of thiazole rings is 1. The monoisotopic (exact) mass is 480 g/mol. The summed E-state index contributed by atoms with van der Waals surface area (Å²) in [5.74, 6) is -3.16. The Kier molecular flexibility index (Phi) is 6.31. The van der Waals surface area contributed by atoms with Crippen molar-refractivity contribution in [3.63, 3.8) is 0 Å². The lowest BCUT2D eigenvalue weighted by Crippen LogP contribution is -2.41. The van der Waals surface area contributed by atoms with E-state index >= 15 is 0 Å². The molecule has 2 aromatic carbocycles. The first kappa shape index (κ1) is 22.4. The molecule has 0 aliphatic carbocycles. The number of hydrogen-bond donors (Lipinski definition) is 1. The summed E-state index contributed by atoms with van der Waals surface area (Å²) in [6, 6.07) is 6.48. The summed E-state index contributed by atoms with van der Waals surface area (Å²) in [7, 11) is 0. The Hall–Kier alpha value is -2.76. The standard InChI is InChI=1S/C21H16F4N4OS2/c1-12(32-20-28-18(8-31-20)19-15(23)3-2-4-16(19)24)21(30,9-29-11-26-10-27-29)14-6-5-13(22)7-17(14)25/h2-8,10-12,30H,9H2,1H3/t12-,21-/m1/s1. The van der Waals surface area contributed by atoms with Crippen molar-refractivity contribution in [2.45, 2.75) is 28.7 Å². The smallest absolute Gasteiger partial charge is 0.150 e. The molecule has 11 heteroatoms. The molecule has 4 rings (SSSR count). The molecule has 4 aromatic rings. The van der Waals surface area contributed by atoms with Gasteiger partial charge in [0.05, 0.1) is 17.8 Å². The topological polar surface area (TPSA) is 63.8 Å². The summed E-state index contributed by atoms with van der Waals surface area (Å²) in [4.78, 5) is 8.12. The average molecular weight is 481 g/mol. The molecular formula is C21H16F4N4OS2. The Bertz CT molecular complexity index is 1210. The van der Waals surface area contributed by atoms with Gasteiger partial charge < -0.3 is 5.11 Å². The zero-order valence-corrected chi connectivity index (χ0v) is 18.2. The summed E-state index contributed by atoms with van der Waals surface area (Å²) in [6.07, 6.45) is 2.64. The summed E-state index contributed by atoms with van der Waals surface area (Å²) in [6.45, 7) is 1.49. The molecule has 166 valence electrons. The van der Waals surface area contributed by atoms with Crippen LogP contribution >= 0.6 is 23.1 Å². The summed E-state index contributed by atoms with van der Waals surface area (Å²) in [5.41, 5.74) is -2.07. The molecule has 0 aliphatic heterocycles. The van der Waals surface area contributed by atoms with Gasteiger partial charge in [-0.2, -0.15) is 5.10 Å². The fourth-order valence-electron chi connectivity index (χ4n) is 3.25. The lowest BCUT2D eigenvalue weighted by Gasteiger charge is -2.34. The van der Waals surface area contributed by atoms with Crippen molar-refractivity contribution in [1.82, 2.24) is 19.7 Å². The van der Waals surface area contributed by atoms with Gasteiger partial charge in [0.2, 0.25) is 0 Å². The molecule has 0 saturated heterocycles. The number of aromatic nitrogens is 4. The minimum Gasteiger partial charge on any atom is -0.382 e. The van der Waals surface area contributed by atoms with Crippen molar-refractivity contribution in [2.24, 2.45) is 0 Å². The molecule has 1 N–H and O–H groups in total. The van der Waals surface area contributed by atoms with Crippen molar-refractivity contribution in [2.75, 3.05) is 0 Å². The lowest BCUT2D eigenvalue weighted by atomic mass is 9.90. The molecule has 0 aliphatic rings. The van der Waals surface area contributed by atoms with E-state index in [0.717, 1.165) is 41.3 Å². The number of hydrogen-bond acceptors (Lipinski definition) is 6. The van der Waals surface area contributed by atoms with Crippen LogP contribution in [0.1, 0.15) is 12.5 Å². The largest absolute Gasteiger partial charge is 0.382 e. The van der Waals surface area contributed by atoms with Crippen LogP contribution in [0.3, 0.4) is 0 Å². The van der Waals surface area contributed by atoms with Crippen LogP contribution in [0.5, 0.6) is 0 Å². The number of rotatable bonds is 7. The molecule has 0 fully saturated rings. The lowest BCUT2D eigenvalue weighted by molar-refractivity contribution is 0.0133. The SMILES string of the molecule is C[C@@H](Sc1nc(-c2c(F)cccc2F)cs1)[C@](O)(Cn1cncn1)c1ccc(F)cc1F. The first-order valence-corrected chi connectivity index (χ1v) is 11.1. The second kappa shape index (κ2) is 9.00. The highest BCUT2D eigenvalue weighted by molar-refractivity contribution is 8.01. The highest BCUT2D eigenvalue weighted by Gasteiger charge is 2.40. The Morgan fingerprint density at radius 2 is 1.88 bits per heavy atom. The highest BCUT2D eigenvalue weighted by Crippen LogP contribution is 2.41. The Morgan fingerprint density at radius 3 is 2.53 bits per heavy atom. The van der Waals surface area contributed by atoms with Crippen LogP contribution in [0.25, 0.3) is 11.3 Å². The van der Waals surface area contributed by atoms with Crippen molar-refractivity contribution >= 4 is 23.1 Å². The van der Waals surface area contributed by atoms with E-state index in [-0.39, 0.29) is 23.4 Å². The highest BCUT2D eigenvalue weighted by atomic mass is 32.2. The van der Waals surface area contributed by atoms with Crippen LogP contribution in [0, 0.1) is 23.3 Å². The van der Waals surface area contributed by atoms with Crippen molar-refractivity contribution in [3.05, 3.63) is 83.3 Å². The van der Waals surface area contributed by atoms with Crippen molar-refractivity contribution in [3.8, 4) is 11.3 Å². The molecule has 0 radical (unpaired) electrons. The van der Waals surface area contributed by atoms with Gasteiger partial charge in [-0.1, -0.05) is 23.9 Å². The van der Waals surface area contributed by atoms with Gasteiger partial charge in [-0.05, 0) is 25.1 Å². The number of benzene rings is 2. The van der Waals surface area contributed by atoms with E-state index in [4.69, 9.17) is 0 Å². The van der Waals surface area contributed by atoms with Crippen LogP contribution in [0.4, 0.5) is 17.6 Å². The molecule has 0 saturated carbocycles. The summed E-state index contributed by atoms with van der Waals surface area (Å²) >= 11 is 2.23. The first-order valence-electron chi connectivity index (χ1n) is 9.35. The zero-order chi connectivity index (χ0) is 22.9. The molecule has 2 atom stereocenters. The van der Waals surface area contributed by atoms with Crippen molar-refractivity contribution in [1.29, 1.82) is 0 Å². The second-order valence-corrected chi connectivity index (χ2v) is 9.44. The first-order chi connectivity index (χ1) is 15.3. The van der Waals surface area contributed by atoms with E-state index in [0.29, 0.717) is 10.4 Å². The number of thioether (sulfide) groups is 1. The van der Waals surface area contributed by atoms with E-state index in [9.17, 15) is 22.7 Å². The third-order valence-electron chi connectivity index (χ3n) is 4.92. The van der Waals surface area contributed by atoms with E-state index in [2.05, 4.69) is 15.1 Å². The zero-order valence-electron chi connectivity index (χ0n) is 16.5. The van der Waals surface area contributed by atoms with Crippen molar-refractivity contribution < 1.29 is 22.7 Å². The molecule has 0 unspecified atom stereocenters. The Balaban J connectivity index is 1.66. The Labute approximate surface area is 188 Å². The van der Waals surface area contributed by atoms with Crippen LogP contribution < -0.4 is 0 Å². The van der Waals surface area contributed by atoms with Gasteiger partial charge >= 0.3 is 0 Å². The van der Waals surface area contributed by atoms with Gasteiger partial charge in [0.15, 0.2) is 4.34 Å². The molecular weight excluding hydrogens is 464 g/mol. The molecule has 0 bridgehead atoms.